The molecule has 1 atom stereocenters. The predicted molar refractivity (Wildman–Crippen MR) is 73.5 cm³/mol. The van der Waals surface area contributed by atoms with Gasteiger partial charge in [-0.3, -0.25) is 0 Å². The van der Waals surface area contributed by atoms with E-state index in [9.17, 15) is 0 Å². The van der Waals surface area contributed by atoms with Gasteiger partial charge in [-0.15, -0.1) is 0 Å². The average Bonchev–Trinajstić information content (AvgIpc) is 2.98. The van der Waals surface area contributed by atoms with Crippen LogP contribution in [0.15, 0.2) is 41.0 Å². The molecule has 0 aliphatic heterocycles. The zero-order chi connectivity index (χ0) is 13.7. The molecule has 0 aliphatic carbocycles. The summed E-state index contributed by atoms with van der Waals surface area (Å²) in [5, 5.41) is 3.40. The molecule has 4 heteroatoms. The van der Waals surface area contributed by atoms with Crippen LogP contribution in [0.25, 0.3) is 0 Å². The minimum Gasteiger partial charge on any atom is -0.497 e. The first-order valence-electron chi connectivity index (χ1n) is 6.22. The molecule has 0 amide bonds. The number of nitrogens with one attached hydrogen (secondary N) is 1. The Bertz CT molecular complexity index is 508. The first-order valence-corrected chi connectivity index (χ1v) is 6.22. The lowest BCUT2D eigenvalue weighted by atomic mass is 10.1. The SMILES string of the molecule is COc1ccc(OC)c(CNC(C)c2ccco2)c1. The van der Waals surface area contributed by atoms with Gasteiger partial charge in [0.05, 0.1) is 26.5 Å². The van der Waals surface area contributed by atoms with Crippen LogP contribution in [0.3, 0.4) is 0 Å². The molecule has 0 bridgehead atoms. The van der Waals surface area contributed by atoms with Crippen molar-refractivity contribution in [2.45, 2.75) is 19.5 Å². The first-order chi connectivity index (χ1) is 9.24. The summed E-state index contributed by atoms with van der Waals surface area (Å²) in [6.45, 7) is 2.74. The van der Waals surface area contributed by atoms with Gasteiger partial charge in [0.25, 0.3) is 0 Å². The Kier molecular flexibility index (Phi) is 4.47. The monoisotopic (exact) mass is 261 g/mol. The fourth-order valence-electron chi connectivity index (χ4n) is 1.92. The van der Waals surface area contributed by atoms with E-state index < -0.39 is 0 Å². The van der Waals surface area contributed by atoms with Crippen LogP contribution in [0.2, 0.25) is 0 Å². The van der Waals surface area contributed by atoms with Crippen molar-refractivity contribution >= 4 is 0 Å². The summed E-state index contributed by atoms with van der Waals surface area (Å²) in [5.74, 6) is 2.59. The predicted octanol–water partition coefficient (Wildman–Crippen LogP) is 3.15. The molecule has 1 aromatic carbocycles. The Labute approximate surface area is 113 Å². The van der Waals surface area contributed by atoms with Gasteiger partial charge >= 0.3 is 0 Å². The summed E-state index contributed by atoms with van der Waals surface area (Å²) >= 11 is 0. The molecule has 4 nitrogen and oxygen atoms in total. The van der Waals surface area contributed by atoms with E-state index in [0.717, 1.165) is 22.8 Å². The van der Waals surface area contributed by atoms with Gasteiger partial charge in [-0.2, -0.15) is 0 Å². The summed E-state index contributed by atoms with van der Waals surface area (Å²) in [5.41, 5.74) is 1.06. The van der Waals surface area contributed by atoms with Crippen LogP contribution in [-0.2, 0) is 6.54 Å². The van der Waals surface area contributed by atoms with Gasteiger partial charge in [0, 0.05) is 12.1 Å². The second kappa shape index (κ2) is 6.29. The molecule has 102 valence electrons. The molecule has 0 saturated carbocycles. The molecule has 1 heterocycles. The number of rotatable bonds is 6. The Morgan fingerprint density at radius 3 is 2.68 bits per heavy atom. The van der Waals surface area contributed by atoms with Gasteiger partial charge < -0.3 is 19.2 Å². The van der Waals surface area contributed by atoms with Crippen LogP contribution in [0, 0.1) is 0 Å². The van der Waals surface area contributed by atoms with Crippen LogP contribution in [0.1, 0.15) is 24.3 Å². The Morgan fingerprint density at radius 2 is 2.05 bits per heavy atom. The van der Waals surface area contributed by atoms with E-state index in [0.29, 0.717) is 6.54 Å². The van der Waals surface area contributed by atoms with Crippen molar-refractivity contribution in [1.29, 1.82) is 0 Å². The number of furan rings is 1. The van der Waals surface area contributed by atoms with Crippen molar-refractivity contribution in [3.63, 3.8) is 0 Å². The van der Waals surface area contributed by atoms with E-state index in [1.54, 1.807) is 20.5 Å². The van der Waals surface area contributed by atoms with Gasteiger partial charge in [-0.05, 0) is 37.3 Å². The molecular weight excluding hydrogens is 242 g/mol. The van der Waals surface area contributed by atoms with Crippen LogP contribution >= 0.6 is 0 Å². The summed E-state index contributed by atoms with van der Waals surface area (Å²) in [7, 11) is 3.33. The topological polar surface area (TPSA) is 43.6 Å². The van der Waals surface area contributed by atoms with E-state index in [-0.39, 0.29) is 6.04 Å². The zero-order valence-corrected chi connectivity index (χ0v) is 11.5. The molecule has 2 rings (SSSR count). The lowest BCUT2D eigenvalue weighted by Gasteiger charge is -2.14. The second-order valence-electron chi connectivity index (χ2n) is 4.30. The zero-order valence-electron chi connectivity index (χ0n) is 11.5. The van der Waals surface area contributed by atoms with Crippen molar-refractivity contribution < 1.29 is 13.9 Å². The summed E-state index contributed by atoms with van der Waals surface area (Å²) < 4.78 is 15.9. The summed E-state index contributed by atoms with van der Waals surface area (Å²) in [6, 6.07) is 9.76. The molecule has 1 aromatic heterocycles. The fourth-order valence-corrected chi connectivity index (χ4v) is 1.92. The van der Waals surface area contributed by atoms with E-state index >= 15 is 0 Å². The van der Waals surface area contributed by atoms with Gasteiger partial charge in [0.15, 0.2) is 0 Å². The first kappa shape index (κ1) is 13.5. The van der Waals surface area contributed by atoms with Crippen LogP contribution in [-0.4, -0.2) is 14.2 Å². The number of hydrogen-bond acceptors (Lipinski definition) is 4. The highest BCUT2D eigenvalue weighted by molar-refractivity contribution is 5.40. The lowest BCUT2D eigenvalue weighted by molar-refractivity contribution is 0.391. The molecule has 0 fully saturated rings. The van der Waals surface area contributed by atoms with E-state index in [1.165, 1.54) is 0 Å². The molecule has 0 spiro atoms. The Hall–Kier alpha value is -1.94. The van der Waals surface area contributed by atoms with Crippen LogP contribution in [0.4, 0.5) is 0 Å². The van der Waals surface area contributed by atoms with Gasteiger partial charge in [0.1, 0.15) is 17.3 Å². The Balaban J connectivity index is 2.05. The molecule has 0 aliphatic rings. The average molecular weight is 261 g/mol. The summed E-state index contributed by atoms with van der Waals surface area (Å²) in [4.78, 5) is 0. The highest BCUT2D eigenvalue weighted by Crippen LogP contribution is 2.24. The van der Waals surface area contributed by atoms with Gasteiger partial charge in [0.2, 0.25) is 0 Å². The van der Waals surface area contributed by atoms with Crippen molar-refractivity contribution in [2.24, 2.45) is 0 Å². The van der Waals surface area contributed by atoms with Crippen LogP contribution in [0.5, 0.6) is 11.5 Å². The quantitative estimate of drug-likeness (QED) is 0.867. The largest absolute Gasteiger partial charge is 0.497 e. The van der Waals surface area contributed by atoms with Gasteiger partial charge in [-0.1, -0.05) is 0 Å². The molecular formula is C15H19NO3. The maximum atomic E-state index is 5.37. The molecule has 1 N–H and O–H groups in total. The molecule has 2 aromatic rings. The maximum absolute atomic E-state index is 5.37. The minimum atomic E-state index is 0.144. The highest BCUT2D eigenvalue weighted by atomic mass is 16.5. The molecule has 1 unspecified atom stereocenters. The highest BCUT2D eigenvalue weighted by Gasteiger charge is 2.10. The van der Waals surface area contributed by atoms with Crippen LogP contribution < -0.4 is 14.8 Å². The summed E-state index contributed by atoms with van der Waals surface area (Å²) in [6.07, 6.45) is 1.68. The van der Waals surface area contributed by atoms with E-state index in [1.807, 2.05) is 30.3 Å². The molecule has 0 radical (unpaired) electrons. The van der Waals surface area contributed by atoms with Gasteiger partial charge in [-0.25, -0.2) is 0 Å². The number of benzene rings is 1. The third-order valence-corrected chi connectivity index (χ3v) is 3.06. The molecule has 0 saturated heterocycles. The number of methoxy groups -OCH3 is 2. The normalized spacial score (nSPS) is 12.2. The second-order valence-corrected chi connectivity index (χ2v) is 4.30. The standard InChI is InChI=1S/C15H19NO3/c1-11(14-5-4-8-19-14)16-10-12-9-13(17-2)6-7-15(12)18-3/h4-9,11,16H,10H2,1-3H3. The van der Waals surface area contributed by atoms with E-state index in [2.05, 4.69) is 12.2 Å². The Morgan fingerprint density at radius 1 is 1.21 bits per heavy atom. The van der Waals surface area contributed by atoms with E-state index in [4.69, 9.17) is 13.9 Å². The van der Waals surface area contributed by atoms with Crippen molar-refractivity contribution in [3.05, 3.63) is 47.9 Å². The lowest BCUT2D eigenvalue weighted by Crippen LogP contribution is -2.18. The third-order valence-electron chi connectivity index (χ3n) is 3.06. The number of hydrogen-bond donors (Lipinski definition) is 1. The molecule has 19 heavy (non-hydrogen) atoms. The van der Waals surface area contributed by atoms with Crippen molar-refractivity contribution in [3.8, 4) is 11.5 Å². The van der Waals surface area contributed by atoms with Crippen molar-refractivity contribution in [1.82, 2.24) is 5.32 Å². The van der Waals surface area contributed by atoms with Crippen molar-refractivity contribution in [2.75, 3.05) is 14.2 Å². The fraction of sp³-hybridized carbons (Fsp3) is 0.333. The minimum absolute atomic E-state index is 0.144. The smallest absolute Gasteiger partial charge is 0.123 e. The maximum Gasteiger partial charge on any atom is 0.123 e. The third kappa shape index (κ3) is 3.29. The number of ether oxygens (including phenoxy) is 2.